The number of aromatic hydroxyl groups is 1. The van der Waals surface area contributed by atoms with Gasteiger partial charge in [0.2, 0.25) is 0 Å². The van der Waals surface area contributed by atoms with Crippen LogP contribution in [0.4, 0.5) is 0 Å². The highest BCUT2D eigenvalue weighted by Crippen LogP contribution is 2.38. The van der Waals surface area contributed by atoms with Crippen LogP contribution in [0.1, 0.15) is 56.6 Å². The molecule has 1 N–H and O–H groups in total. The predicted molar refractivity (Wildman–Crippen MR) is 154 cm³/mol. The van der Waals surface area contributed by atoms with Gasteiger partial charge < -0.3 is 14.6 Å². The number of nitrogens with zero attached hydrogens (tertiary/aromatic N) is 1. The van der Waals surface area contributed by atoms with Crippen LogP contribution in [-0.4, -0.2) is 34.4 Å². The van der Waals surface area contributed by atoms with Crippen LogP contribution in [0.2, 0.25) is 10.0 Å². The summed E-state index contributed by atoms with van der Waals surface area (Å²) in [6.07, 6.45) is 2.26. The number of pyridine rings is 1. The van der Waals surface area contributed by atoms with Gasteiger partial charge in [0.05, 0.1) is 12.1 Å². The van der Waals surface area contributed by atoms with Gasteiger partial charge in [-0.25, -0.2) is 4.98 Å². The van der Waals surface area contributed by atoms with Crippen molar-refractivity contribution >= 4 is 34.8 Å². The number of hydrogen-bond donors (Lipinski definition) is 1. The molecule has 0 saturated heterocycles. The molecule has 0 fully saturated rings. The highest BCUT2D eigenvalue weighted by Gasteiger charge is 2.37. The summed E-state index contributed by atoms with van der Waals surface area (Å²) in [5.41, 5.74) is 0.337. The number of methoxy groups -OCH3 is 1. The van der Waals surface area contributed by atoms with Crippen LogP contribution in [0, 0.1) is 17.8 Å². The molecule has 0 spiro atoms. The van der Waals surface area contributed by atoms with E-state index in [0.717, 1.165) is 5.56 Å². The highest BCUT2D eigenvalue weighted by atomic mass is 35.5. The Morgan fingerprint density at radius 1 is 1.00 bits per heavy atom. The number of ether oxygens (including phenoxy) is 2. The van der Waals surface area contributed by atoms with Gasteiger partial charge in [-0.05, 0) is 49.9 Å². The van der Waals surface area contributed by atoms with Crippen molar-refractivity contribution in [1.29, 1.82) is 0 Å². The molecule has 0 bridgehead atoms. The minimum absolute atomic E-state index is 0.0448. The molecule has 0 unspecified atom stereocenters. The molecule has 1 aromatic heterocycles. The standard InChI is InChI=1S/C31H35Cl2NO5/c1-19(15-25(35)20(2)16-26(36)29-30(37)28(38-5)13-14-34-29)23(17-21-9-7-6-8-10-21)31(3,4)39-27-12-11-22(32)18-24(27)33/h6-14,18-20,23,37H,15-17H2,1-5H3/t19-,20-,23+/m1/s1. The average molecular weight is 573 g/mol. The molecule has 0 amide bonds. The molecule has 208 valence electrons. The van der Waals surface area contributed by atoms with Gasteiger partial charge >= 0.3 is 0 Å². The number of hydrogen-bond acceptors (Lipinski definition) is 6. The lowest BCUT2D eigenvalue weighted by molar-refractivity contribution is -0.124. The van der Waals surface area contributed by atoms with Gasteiger partial charge in [0.1, 0.15) is 17.1 Å². The third-order valence-corrected chi connectivity index (χ3v) is 7.61. The number of ketones is 2. The lowest BCUT2D eigenvalue weighted by Gasteiger charge is -2.39. The van der Waals surface area contributed by atoms with Crippen molar-refractivity contribution in [2.45, 2.75) is 52.6 Å². The van der Waals surface area contributed by atoms with E-state index >= 15 is 0 Å². The maximum Gasteiger partial charge on any atom is 0.187 e. The topological polar surface area (TPSA) is 85.7 Å². The van der Waals surface area contributed by atoms with Crippen LogP contribution < -0.4 is 9.47 Å². The van der Waals surface area contributed by atoms with E-state index < -0.39 is 17.3 Å². The second-order valence-corrected chi connectivity index (χ2v) is 11.3. The number of rotatable bonds is 13. The monoisotopic (exact) mass is 571 g/mol. The molecular formula is C31H35Cl2NO5. The number of Topliss-reactive ketones (excluding diaryl/α,β-unsaturated/α-hetero) is 2. The summed E-state index contributed by atoms with van der Waals surface area (Å²) in [7, 11) is 1.40. The third kappa shape index (κ3) is 7.96. The minimum atomic E-state index is -0.692. The van der Waals surface area contributed by atoms with Gasteiger partial charge in [-0.3, -0.25) is 9.59 Å². The highest BCUT2D eigenvalue weighted by molar-refractivity contribution is 6.35. The zero-order valence-corrected chi connectivity index (χ0v) is 24.4. The molecule has 3 atom stereocenters. The van der Waals surface area contributed by atoms with Gasteiger partial charge in [-0.15, -0.1) is 0 Å². The summed E-state index contributed by atoms with van der Waals surface area (Å²) in [5.74, 6) is -0.805. The summed E-state index contributed by atoms with van der Waals surface area (Å²) in [4.78, 5) is 30.2. The molecule has 3 aromatic rings. The van der Waals surface area contributed by atoms with E-state index in [-0.39, 0.29) is 47.7 Å². The van der Waals surface area contributed by atoms with E-state index in [1.54, 1.807) is 25.1 Å². The number of carbonyl (C=O) groups excluding carboxylic acids is 2. The minimum Gasteiger partial charge on any atom is -0.503 e. The maximum absolute atomic E-state index is 13.3. The molecule has 0 aliphatic rings. The van der Waals surface area contributed by atoms with Crippen molar-refractivity contribution in [3.05, 3.63) is 82.1 Å². The molecule has 39 heavy (non-hydrogen) atoms. The second-order valence-electron chi connectivity index (χ2n) is 10.5. The first-order chi connectivity index (χ1) is 18.4. The Bertz CT molecular complexity index is 1300. The predicted octanol–water partition coefficient (Wildman–Crippen LogP) is 7.62. The van der Waals surface area contributed by atoms with E-state index in [9.17, 15) is 14.7 Å². The Labute approximate surface area is 240 Å². The quantitative estimate of drug-likeness (QED) is 0.212. The third-order valence-electron chi connectivity index (χ3n) is 7.08. The van der Waals surface area contributed by atoms with Crippen molar-refractivity contribution < 1.29 is 24.2 Å². The van der Waals surface area contributed by atoms with E-state index in [2.05, 4.69) is 17.1 Å². The van der Waals surface area contributed by atoms with Crippen LogP contribution in [-0.2, 0) is 11.2 Å². The lowest BCUT2D eigenvalue weighted by atomic mass is 9.74. The summed E-state index contributed by atoms with van der Waals surface area (Å²) in [5, 5.41) is 11.2. The van der Waals surface area contributed by atoms with Crippen molar-refractivity contribution in [2.75, 3.05) is 7.11 Å². The smallest absolute Gasteiger partial charge is 0.187 e. The molecule has 3 rings (SSSR count). The molecule has 2 aromatic carbocycles. The van der Waals surface area contributed by atoms with Crippen molar-refractivity contribution in [2.24, 2.45) is 17.8 Å². The molecule has 0 aliphatic carbocycles. The van der Waals surface area contributed by atoms with Crippen LogP contribution in [0.5, 0.6) is 17.2 Å². The first-order valence-corrected chi connectivity index (χ1v) is 13.6. The van der Waals surface area contributed by atoms with Gasteiger partial charge in [0.25, 0.3) is 0 Å². The first-order valence-electron chi connectivity index (χ1n) is 12.9. The molecule has 6 nitrogen and oxygen atoms in total. The van der Waals surface area contributed by atoms with Crippen LogP contribution >= 0.6 is 23.2 Å². The van der Waals surface area contributed by atoms with Crippen LogP contribution in [0.15, 0.2) is 60.8 Å². The Kier molecular flexibility index (Phi) is 10.4. The van der Waals surface area contributed by atoms with Gasteiger partial charge in [-0.1, -0.05) is 67.4 Å². The number of carbonyl (C=O) groups is 2. The second kappa shape index (κ2) is 13.3. The summed E-state index contributed by atoms with van der Waals surface area (Å²) in [6, 6.07) is 16.6. The fourth-order valence-electron chi connectivity index (χ4n) is 4.87. The normalized spacial score (nSPS) is 13.8. The Morgan fingerprint density at radius 3 is 2.33 bits per heavy atom. The number of benzene rings is 2. The van der Waals surface area contributed by atoms with E-state index in [1.165, 1.54) is 19.4 Å². The Hall–Kier alpha value is -3.09. The summed E-state index contributed by atoms with van der Waals surface area (Å²) < 4.78 is 11.5. The van der Waals surface area contributed by atoms with Crippen molar-refractivity contribution in [3.8, 4) is 17.2 Å². The van der Waals surface area contributed by atoms with Crippen molar-refractivity contribution in [3.63, 3.8) is 0 Å². The molecular weight excluding hydrogens is 537 g/mol. The van der Waals surface area contributed by atoms with Gasteiger partial charge in [0.15, 0.2) is 23.0 Å². The zero-order chi connectivity index (χ0) is 28.7. The SMILES string of the molecule is COc1ccnc(C(=O)C[C@@H](C)C(=O)C[C@@H](C)[C@H](Cc2ccccc2)C(C)(C)Oc2ccc(Cl)cc2Cl)c1O. The average Bonchev–Trinajstić information content (AvgIpc) is 2.89. The molecule has 0 aliphatic heterocycles. The van der Waals surface area contributed by atoms with Crippen LogP contribution in [0.25, 0.3) is 0 Å². The number of aromatic nitrogens is 1. The molecule has 0 radical (unpaired) electrons. The molecule has 8 heteroatoms. The maximum atomic E-state index is 13.3. The van der Waals surface area contributed by atoms with E-state index in [4.69, 9.17) is 32.7 Å². The zero-order valence-electron chi connectivity index (χ0n) is 22.9. The Balaban J connectivity index is 1.77. The largest absolute Gasteiger partial charge is 0.503 e. The summed E-state index contributed by atoms with van der Waals surface area (Å²) >= 11 is 12.5. The van der Waals surface area contributed by atoms with Crippen LogP contribution in [0.3, 0.4) is 0 Å². The molecule has 0 saturated carbocycles. The lowest BCUT2D eigenvalue weighted by Crippen LogP contribution is -2.43. The van der Waals surface area contributed by atoms with E-state index in [0.29, 0.717) is 22.2 Å². The Morgan fingerprint density at radius 2 is 1.69 bits per heavy atom. The van der Waals surface area contributed by atoms with E-state index in [1.807, 2.05) is 39.0 Å². The fraction of sp³-hybridized carbons (Fsp3) is 0.387. The number of halogens is 2. The molecule has 1 heterocycles. The van der Waals surface area contributed by atoms with Gasteiger partial charge in [0, 0.05) is 42.0 Å². The summed E-state index contributed by atoms with van der Waals surface area (Å²) in [6.45, 7) is 7.75. The van der Waals surface area contributed by atoms with Crippen molar-refractivity contribution in [1.82, 2.24) is 4.98 Å². The first kappa shape index (κ1) is 30.5. The van der Waals surface area contributed by atoms with Gasteiger partial charge in [-0.2, -0.15) is 0 Å². The fourth-order valence-corrected chi connectivity index (χ4v) is 5.32.